The van der Waals surface area contributed by atoms with E-state index in [-0.39, 0.29) is 17.3 Å². The molecular formula is C12H16F3N3O. The van der Waals surface area contributed by atoms with Crippen LogP contribution >= 0.6 is 0 Å². The molecule has 7 heteroatoms. The number of nitrogens with two attached hydrogens (primary N) is 1. The predicted octanol–water partition coefficient (Wildman–Crippen LogP) is 2.18. The summed E-state index contributed by atoms with van der Waals surface area (Å²) in [5.74, 6) is -0.386. The van der Waals surface area contributed by atoms with Crippen molar-refractivity contribution in [3.05, 3.63) is 23.8 Å². The van der Waals surface area contributed by atoms with Gasteiger partial charge in [-0.15, -0.1) is 0 Å². The van der Waals surface area contributed by atoms with Crippen molar-refractivity contribution in [3.8, 4) is 0 Å². The molecule has 0 bridgehead atoms. The summed E-state index contributed by atoms with van der Waals surface area (Å²) in [5, 5.41) is 2.43. The van der Waals surface area contributed by atoms with Gasteiger partial charge in [-0.05, 0) is 39.2 Å². The van der Waals surface area contributed by atoms with Crippen LogP contribution in [0.1, 0.15) is 12.5 Å². The number of hydrogen-bond donors (Lipinski definition) is 2. The molecule has 0 heterocycles. The van der Waals surface area contributed by atoms with Crippen LogP contribution in [0.2, 0.25) is 0 Å². The van der Waals surface area contributed by atoms with Crippen LogP contribution in [0.5, 0.6) is 0 Å². The lowest BCUT2D eigenvalue weighted by atomic mass is 10.1. The van der Waals surface area contributed by atoms with Crippen LogP contribution in [0, 0.1) is 0 Å². The molecule has 106 valence electrons. The molecule has 0 saturated heterocycles. The number of carbonyl (C=O) groups excluding carboxylic acids is 1. The van der Waals surface area contributed by atoms with Gasteiger partial charge in [-0.25, -0.2) is 0 Å². The Hall–Kier alpha value is -1.76. The number of nitrogens with one attached hydrogen (secondary N) is 1. The van der Waals surface area contributed by atoms with Crippen molar-refractivity contribution in [1.29, 1.82) is 0 Å². The van der Waals surface area contributed by atoms with Crippen LogP contribution in [0.15, 0.2) is 18.2 Å². The lowest BCUT2D eigenvalue weighted by Crippen LogP contribution is -2.37. The number of nitrogens with zero attached hydrogens (tertiary/aromatic N) is 1. The summed E-state index contributed by atoms with van der Waals surface area (Å²) >= 11 is 0. The van der Waals surface area contributed by atoms with Crippen molar-refractivity contribution in [2.45, 2.75) is 19.1 Å². The van der Waals surface area contributed by atoms with Gasteiger partial charge in [0.15, 0.2) is 0 Å². The van der Waals surface area contributed by atoms with Gasteiger partial charge < -0.3 is 11.1 Å². The van der Waals surface area contributed by atoms with E-state index in [1.807, 2.05) is 0 Å². The Morgan fingerprint density at radius 2 is 1.95 bits per heavy atom. The van der Waals surface area contributed by atoms with Crippen molar-refractivity contribution in [3.63, 3.8) is 0 Å². The molecule has 1 unspecified atom stereocenters. The number of amides is 1. The summed E-state index contributed by atoms with van der Waals surface area (Å²) < 4.78 is 38.0. The van der Waals surface area contributed by atoms with Crippen LogP contribution in [0.25, 0.3) is 0 Å². The smallest absolute Gasteiger partial charge is 0.398 e. The van der Waals surface area contributed by atoms with E-state index in [0.717, 1.165) is 12.1 Å². The minimum Gasteiger partial charge on any atom is -0.398 e. The van der Waals surface area contributed by atoms with Gasteiger partial charge >= 0.3 is 6.18 Å². The number of halogens is 3. The van der Waals surface area contributed by atoms with Crippen molar-refractivity contribution >= 4 is 17.3 Å². The highest BCUT2D eigenvalue weighted by atomic mass is 19.4. The standard InChI is InChI=1S/C12H16F3N3O/c1-7(18(2)3)11(19)17-8-4-5-10(16)9(6-8)12(13,14)15/h4-7H,16H2,1-3H3,(H,17,19). The molecule has 0 spiro atoms. The predicted molar refractivity (Wildman–Crippen MR) is 67.6 cm³/mol. The van der Waals surface area contributed by atoms with E-state index in [2.05, 4.69) is 5.32 Å². The summed E-state index contributed by atoms with van der Waals surface area (Å²) in [6.07, 6.45) is -4.54. The molecule has 1 aromatic carbocycles. The normalized spacial score (nSPS) is 13.4. The largest absolute Gasteiger partial charge is 0.418 e. The Morgan fingerprint density at radius 1 is 1.37 bits per heavy atom. The first-order chi connectivity index (χ1) is 8.62. The van der Waals surface area contributed by atoms with E-state index < -0.39 is 17.8 Å². The van der Waals surface area contributed by atoms with Gasteiger partial charge in [-0.2, -0.15) is 13.2 Å². The summed E-state index contributed by atoms with van der Waals surface area (Å²) in [4.78, 5) is 13.4. The first-order valence-electron chi connectivity index (χ1n) is 5.57. The molecule has 0 saturated carbocycles. The van der Waals surface area contributed by atoms with Gasteiger partial charge in [0, 0.05) is 11.4 Å². The van der Waals surface area contributed by atoms with E-state index in [9.17, 15) is 18.0 Å². The maximum absolute atomic E-state index is 12.7. The topological polar surface area (TPSA) is 58.4 Å². The fourth-order valence-corrected chi connectivity index (χ4v) is 1.36. The third-order valence-electron chi connectivity index (χ3n) is 2.78. The number of likely N-dealkylation sites (N-methyl/N-ethyl adjacent to an activating group) is 1. The number of benzene rings is 1. The molecule has 1 rings (SSSR count). The molecule has 3 N–H and O–H groups in total. The summed E-state index contributed by atoms with van der Waals surface area (Å²) in [6, 6.07) is 2.84. The summed E-state index contributed by atoms with van der Waals surface area (Å²) in [7, 11) is 3.41. The maximum atomic E-state index is 12.7. The van der Waals surface area contributed by atoms with Crippen LogP contribution < -0.4 is 11.1 Å². The Balaban J connectivity index is 2.95. The Labute approximate surface area is 109 Å². The van der Waals surface area contributed by atoms with E-state index >= 15 is 0 Å². The molecule has 0 aliphatic heterocycles. The lowest BCUT2D eigenvalue weighted by molar-refractivity contribution is -0.137. The molecular weight excluding hydrogens is 259 g/mol. The maximum Gasteiger partial charge on any atom is 0.418 e. The Morgan fingerprint density at radius 3 is 2.42 bits per heavy atom. The number of anilines is 2. The van der Waals surface area contributed by atoms with Gasteiger partial charge in [0.1, 0.15) is 0 Å². The summed E-state index contributed by atoms with van der Waals surface area (Å²) in [5.41, 5.74) is 4.02. The second kappa shape index (κ2) is 5.48. The first-order valence-corrected chi connectivity index (χ1v) is 5.57. The second-order valence-electron chi connectivity index (χ2n) is 4.43. The highest BCUT2D eigenvalue weighted by Crippen LogP contribution is 2.35. The zero-order valence-electron chi connectivity index (χ0n) is 10.9. The van der Waals surface area contributed by atoms with E-state index in [1.165, 1.54) is 6.07 Å². The second-order valence-corrected chi connectivity index (χ2v) is 4.43. The number of carbonyl (C=O) groups is 1. The Bertz CT molecular complexity index is 472. The molecule has 0 aromatic heterocycles. The fraction of sp³-hybridized carbons (Fsp3) is 0.417. The summed E-state index contributed by atoms with van der Waals surface area (Å²) in [6.45, 7) is 1.65. The fourth-order valence-electron chi connectivity index (χ4n) is 1.36. The monoisotopic (exact) mass is 275 g/mol. The van der Waals surface area contributed by atoms with Crippen LogP contribution in [-0.2, 0) is 11.0 Å². The molecule has 0 aliphatic carbocycles. The van der Waals surface area contributed by atoms with E-state index in [1.54, 1.807) is 25.9 Å². The number of alkyl halides is 3. The molecule has 1 atom stereocenters. The van der Waals surface area contributed by atoms with Crippen molar-refractivity contribution < 1.29 is 18.0 Å². The molecule has 1 amide bonds. The number of nitrogen functional groups attached to an aromatic ring is 1. The molecule has 0 radical (unpaired) electrons. The van der Waals surface area contributed by atoms with Crippen LogP contribution in [-0.4, -0.2) is 30.9 Å². The number of hydrogen-bond acceptors (Lipinski definition) is 3. The van der Waals surface area contributed by atoms with Crippen molar-refractivity contribution in [2.75, 3.05) is 25.1 Å². The average molecular weight is 275 g/mol. The highest BCUT2D eigenvalue weighted by molar-refractivity contribution is 5.94. The van der Waals surface area contributed by atoms with Crippen LogP contribution in [0.3, 0.4) is 0 Å². The molecule has 0 aliphatic rings. The highest BCUT2D eigenvalue weighted by Gasteiger charge is 2.33. The third-order valence-corrected chi connectivity index (χ3v) is 2.78. The zero-order valence-corrected chi connectivity index (χ0v) is 10.9. The van der Waals surface area contributed by atoms with Crippen LogP contribution in [0.4, 0.5) is 24.5 Å². The minimum atomic E-state index is -4.54. The van der Waals surface area contributed by atoms with Gasteiger partial charge in [-0.3, -0.25) is 9.69 Å². The van der Waals surface area contributed by atoms with Gasteiger partial charge in [0.05, 0.1) is 11.6 Å². The third kappa shape index (κ3) is 3.85. The van der Waals surface area contributed by atoms with Gasteiger partial charge in [0.25, 0.3) is 0 Å². The van der Waals surface area contributed by atoms with E-state index in [4.69, 9.17) is 5.73 Å². The van der Waals surface area contributed by atoms with Gasteiger partial charge in [0.2, 0.25) is 5.91 Å². The van der Waals surface area contributed by atoms with Crippen molar-refractivity contribution in [1.82, 2.24) is 4.90 Å². The molecule has 1 aromatic rings. The average Bonchev–Trinajstić information content (AvgIpc) is 2.28. The molecule has 0 fully saturated rings. The molecule has 4 nitrogen and oxygen atoms in total. The quantitative estimate of drug-likeness (QED) is 0.831. The first kappa shape index (κ1) is 15.3. The minimum absolute atomic E-state index is 0.0697. The van der Waals surface area contributed by atoms with Gasteiger partial charge in [-0.1, -0.05) is 0 Å². The number of rotatable bonds is 3. The molecule has 19 heavy (non-hydrogen) atoms. The SMILES string of the molecule is CC(C(=O)Nc1ccc(N)c(C(F)(F)F)c1)N(C)C. The zero-order chi connectivity index (χ0) is 14.8. The Kier molecular flexibility index (Phi) is 4.41. The van der Waals surface area contributed by atoms with E-state index in [0.29, 0.717) is 0 Å². The lowest BCUT2D eigenvalue weighted by Gasteiger charge is -2.19. The van der Waals surface area contributed by atoms with Crippen molar-refractivity contribution in [2.24, 2.45) is 0 Å².